The Morgan fingerprint density at radius 1 is 1.40 bits per heavy atom. The van der Waals surface area contributed by atoms with E-state index in [1.165, 1.54) is 17.8 Å². The first-order valence-corrected chi connectivity index (χ1v) is 6.44. The van der Waals surface area contributed by atoms with E-state index >= 15 is 0 Å². The van der Waals surface area contributed by atoms with Gasteiger partial charge in [-0.1, -0.05) is 6.07 Å². The molecule has 1 amide bonds. The van der Waals surface area contributed by atoms with Gasteiger partial charge in [-0.25, -0.2) is 0 Å². The third-order valence-corrected chi connectivity index (χ3v) is 4.02. The molecule has 1 aromatic rings. The van der Waals surface area contributed by atoms with Gasteiger partial charge >= 0.3 is 0 Å². The summed E-state index contributed by atoms with van der Waals surface area (Å²) >= 11 is 1.54. The van der Waals surface area contributed by atoms with Crippen molar-refractivity contribution in [3.8, 4) is 0 Å². The van der Waals surface area contributed by atoms with Crippen molar-refractivity contribution >= 4 is 17.2 Å². The van der Waals surface area contributed by atoms with E-state index in [0.717, 1.165) is 17.7 Å². The van der Waals surface area contributed by atoms with Crippen molar-refractivity contribution in [3.05, 3.63) is 22.4 Å². The first-order chi connectivity index (χ1) is 7.20. The van der Waals surface area contributed by atoms with Crippen LogP contribution in [0.25, 0.3) is 0 Å². The third-order valence-electron chi connectivity index (χ3n) is 3.16. The summed E-state index contributed by atoms with van der Waals surface area (Å²) in [5, 5.41) is 1.96. The smallest absolute Gasteiger partial charge is 0.264 e. The maximum atomic E-state index is 12.2. The number of rotatable bonds is 1. The standard InChI is InChI=1S/C12H17NOS/c1-9-5-3-6-10(2)13(9)12(14)11-7-4-8-15-11/h4,7-10H,3,5-6H2,1-2H3/t9-,10-/m0/s1. The average molecular weight is 223 g/mol. The molecule has 2 atom stereocenters. The van der Waals surface area contributed by atoms with Gasteiger partial charge in [-0.05, 0) is 44.6 Å². The van der Waals surface area contributed by atoms with Crippen LogP contribution in [0.2, 0.25) is 0 Å². The third kappa shape index (κ3) is 2.07. The lowest BCUT2D eigenvalue weighted by Gasteiger charge is -2.38. The van der Waals surface area contributed by atoms with Gasteiger partial charge in [0.25, 0.3) is 5.91 Å². The minimum atomic E-state index is 0.213. The van der Waals surface area contributed by atoms with Gasteiger partial charge in [-0.15, -0.1) is 11.3 Å². The predicted molar refractivity (Wildman–Crippen MR) is 63.3 cm³/mol. The number of piperidine rings is 1. The molecule has 1 aliphatic heterocycles. The first-order valence-electron chi connectivity index (χ1n) is 5.56. The molecule has 82 valence electrons. The van der Waals surface area contributed by atoms with Crippen LogP contribution in [0.15, 0.2) is 17.5 Å². The van der Waals surface area contributed by atoms with E-state index in [2.05, 4.69) is 18.7 Å². The van der Waals surface area contributed by atoms with Gasteiger partial charge in [0.05, 0.1) is 4.88 Å². The van der Waals surface area contributed by atoms with E-state index < -0.39 is 0 Å². The molecule has 0 radical (unpaired) electrons. The topological polar surface area (TPSA) is 20.3 Å². The maximum absolute atomic E-state index is 12.2. The lowest BCUT2D eigenvalue weighted by atomic mass is 9.97. The molecule has 0 aliphatic carbocycles. The molecule has 2 rings (SSSR count). The highest BCUT2D eigenvalue weighted by Crippen LogP contribution is 2.25. The van der Waals surface area contributed by atoms with Crippen molar-refractivity contribution < 1.29 is 4.79 Å². The zero-order valence-electron chi connectivity index (χ0n) is 9.27. The number of nitrogens with zero attached hydrogens (tertiary/aromatic N) is 1. The number of carbonyl (C=O) groups excluding carboxylic acids is 1. The second-order valence-corrected chi connectivity index (χ2v) is 5.27. The first kappa shape index (κ1) is 10.7. The Kier molecular flexibility index (Phi) is 3.10. The SMILES string of the molecule is C[C@H]1CCC[C@H](C)N1C(=O)c1cccs1. The van der Waals surface area contributed by atoms with E-state index in [1.54, 1.807) is 0 Å². The monoisotopic (exact) mass is 223 g/mol. The van der Waals surface area contributed by atoms with Gasteiger partial charge in [0.2, 0.25) is 0 Å². The second kappa shape index (κ2) is 4.35. The molecule has 3 heteroatoms. The number of likely N-dealkylation sites (tertiary alicyclic amines) is 1. The lowest BCUT2D eigenvalue weighted by Crippen LogP contribution is -2.47. The summed E-state index contributed by atoms with van der Waals surface area (Å²) < 4.78 is 0. The molecule has 0 unspecified atom stereocenters. The fourth-order valence-electron chi connectivity index (χ4n) is 2.35. The fraction of sp³-hybridized carbons (Fsp3) is 0.583. The summed E-state index contributed by atoms with van der Waals surface area (Å²) in [4.78, 5) is 15.1. The van der Waals surface area contributed by atoms with Crippen molar-refractivity contribution in [2.24, 2.45) is 0 Å². The summed E-state index contributed by atoms with van der Waals surface area (Å²) in [5.74, 6) is 0.213. The van der Waals surface area contributed by atoms with E-state index in [1.807, 2.05) is 17.5 Å². The van der Waals surface area contributed by atoms with E-state index in [0.29, 0.717) is 12.1 Å². The van der Waals surface area contributed by atoms with E-state index in [4.69, 9.17) is 0 Å². The lowest BCUT2D eigenvalue weighted by molar-refractivity contribution is 0.0516. The van der Waals surface area contributed by atoms with Crippen LogP contribution in [0, 0.1) is 0 Å². The summed E-state index contributed by atoms with van der Waals surface area (Å²) in [7, 11) is 0. The molecule has 0 spiro atoms. The van der Waals surface area contributed by atoms with Gasteiger partial charge in [0, 0.05) is 12.1 Å². The van der Waals surface area contributed by atoms with Gasteiger partial charge in [0.15, 0.2) is 0 Å². The molecule has 2 heterocycles. The molecule has 0 bridgehead atoms. The molecule has 0 N–H and O–H groups in total. The summed E-state index contributed by atoms with van der Waals surface area (Å²) in [6.07, 6.45) is 3.53. The molecule has 0 saturated carbocycles. The maximum Gasteiger partial charge on any atom is 0.264 e. The zero-order valence-corrected chi connectivity index (χ0v) is 10.1. The van der Waals surface area contributed by atoms with Crippen molar-refractivity contribution in [1.29, 1.82) is 0 Å². The normalized spacial score (nSPS) is 26.7. The Labute approximate surface area is 94.9 Å². The van der Waals surface area contributed by atoms with Crippen molar-refractivity contribution in [3.63, 3.8) is 0 Å². The highest BCUT2D eigenvalue weighted by Gasteiger charge is 2.29. The highest BCUT2D eigenvalue weighted by molar-refractivity contribution is 7.12. The average Bonchev–Trinajstić information content (AvgIpc) is 2.69. The Balaban J connectivity index is 2.17. The van der Waals surface area contributed by atoms with Gasteiger partial charge in [0.1, 0.15) is 0 Å². The van der Waals surface area contributed by atoms with Crippen LogP contribution in [-0.2, 0) is 0 Å². The minimum absolute atomic E-state index is 0.213. The zero-order chi connectivity index (χ0) is 10.8. The van der Waals surface area contributed by atoms with Crippen LogP contribution < -0.4 is 0 Å². The number of hydrogen-bond donors (Lipinski definition) is 0. The Morgan fingerprint density at radius 2 is 2.07 bits per heavy atom. The Morgan fingerprint density at radius 3 is 2.60 bits per heavy atom. The van der Waals surface area contributed by atoms with Crippen molar-refractivity contribution in [2.75, 3.05) is 0 Å². The Hall–Kier alpha value is -0.830. The van der Waals surface area contributed by atoms with Crippen LogP contribution in [0.5, 0.6) is 0 Å². The molecular formula is C12H17NOS. The number of hydrogen-bond acceptors (Lipinski definition) is 2. The molecule has 15 heavy (non-hydrogen) atoms. The van der Waals surface area contributed by atoms with E-state index in [9.17, 15) is 4.79 Å². The van der Waals surface area contributed by atoms with Gasteiger partial charge in [-0.2, -0.15) is 0 Å². The van der Waals surface area contributed by atoms with Crippen LogP contribution in [0.4, 0.5) is 0 Å². The van der Waals surface area contributed by atoms with Crippen LogP contribution in [-0.4, -0.2) is 22.9 Å². The molecular weight excluding hydrogens is 206 g/mol. The largest absolute Gasteiger partial charge is 0.333 e. The number of carbonyl (C=O) groups is 1. The van der Waals surface area contributed by atoms with Crippen LogP contribution >= 0.6 is 11.3 Å². The minimum Gasteiger partial charge on any atom is -0.333 e. The Bertz CT molecular complexity index is 323. The second-order valence-electron chi connectivity index (χ2n) is 4.32. The summed E-state index contributed by atoms with van der Waals surface area (Å²) in [6.45, 7) is 4.31. The summed E-state index contributed by atoms with van der Waals surface area (Å²) in [6, 6.07) is 4.64. The molecule has 1 aliphatic rings. The van der Waals surface area contributed by atoms with Crippen LogP contribution in [0.1, 0.15) is 42.8 Å². The number of amides is 1. The van der Waals surface area contributed by atoms with Gasteiger partial charge < -0.3 is 4.90 Å². The molecule has 2 nitrogen and oxygen atoms in total. The molecule has 0 aromatic carbocycles. The van der Waals surface area contributed by atoms with Crippen LogP contribution in [0.3, 0.4) is 0 Å². The molecule has 1 saturated heterocycles. The quantitative estimate of drug-likeness (QED) is 0.716. The fourth-order valence-corrected chi connectivity index (χ4v) is 3.02. The van der Waals surface area contributed by atoms with Crippen molar-refractivity contribution in [1.82, 2.24) is 4.90 Å². The highest BCUT2D eigenvalue weighted by atomic mass is 32.1. The molecule has 1 aromatic heterocycles. The van der Waals surface area contributed by atoms with E-state index in [-0.39, 0.29) is 5.91 Å². The van der Waals surface area contributed by atoms with Crippen molar-refractivity contribution in [2.45, 2.75) is 45.2 Å². The molecule has 1 fully saturated rings. The summed E-state index contributed by atoms with van der Waals surface area (Å²) in [5.41, 5.74) is 0. The van der Waals surface area contributed by atoms with Gasteiger partial charge in [-0.3, -0.25) is 4.79 Å². The number of thiophene rings is 1. The predicted octanol–water partition coefficient (Wildman–Crippen LogP) is 3.15.